The summed E-state index contributed by atoms with van der Waals surface area (Å²) in [5.74, 6) is 1.33. The van der Waals surface area contributed by atoms with Gasteiger partial charge in [0.15, 0.2) is 0 Å². The summed E-state index contributed by atoms with van der Waals surface area (Å²) < 4.78 is 5.77. The highest BCUT2D eigenvalue weighted by molar-refractivity contribution is 4.95. The first-order chi connectivity index (χ1) is 8.18. The summed E-state index contributed by atoms with van der Waals surface area (Å²) in [7, 11) is 1.79. The van der Waals surface area contributed by atoms with E-state index >= 15 is 0 Å². The fraction of sp³-hybridized carbons (Fsp3) is 1.00. The first kappa shape index (κ1) is 13.4. The highest BCUT2D eigenvalue weighted by Gasteiger charge is 2.43. The molecule has 2 aliphatic carbocycles. The molecule has 1 unspecified atom stereocenters. The van der Waals surface area contributed by atoms with E-state index in [-0.39, 0.29) is 11.7 Å². The van der Waals surface area contributed by atoms with Gasteiger partial charge in [0.05, 0.1) is 11.7 Å². The van der Waals surface area contributed by atoms with Crippen LogP contribution in [0.25, 0.3) is 0 Å². The van der Waals surface area contributed by atoms with Gasteiger partial charge in [0.2, 0.25) is 0 Å². The van der Waals surface area contributed by atoms with E-state index in [1.54, 1.807) is 7.11 Å². The lowest BCUT2D eigenvalue weighted by Crippen LogP contribution is -2.50. The molecule has 0 aliphatic heterocycles. The van der Waals surface area contributed by atoms with Crippen LogP contribution >= 0.6 is 0 Å². The van der Waals surface area contributed by atoms with Crippen LogP contribution in [0.4, 0.5) is 0 Å². The van der Waals surface area contributed by atoms with Gasteiger partial charge in [-0.25, -0.2) is 0 Å². The van der Waals surface area contributed by atoms with Gasteiger partial charge in [0.1, 0.15) is 0 Å². The van der Waals surface area contributed by atoms with Gasteiger partial charge in [-0.2, -0.15) is 0 Å². The highest BCUT2D eigenvalue weighted by atomic mass is 16.5. The second kappa shape index (κ2) is 5.71. The van der Waals surface area contributed by atoms with Gasteiger partial charge in [-0.15, -0.1) is 0 Å². The zero-order valence-electron chi connectivity index (χ0n) is 11.5. The Morgan fingerprint density at radius 1 is 1.06 bits per heavy atom. The minimum Gasteiger partial charge on any atom is -0.390 e. The minimum atomic E-state index is -0.236. The van der Waals surface area contributed by atoms with Gasteiger partial charge in [-0.05, 0) is 37.5 Å². The van der Waals surface area contributed by atoms with Gasteiger partial charge >= 0.3 is 0 Å². The minimum absolute atomic E-state index is 0.219. The smallest absolute Gasteiger partial charge is 0.0939 e. The van der Waals surface area contributed by atoms with E-state index in [4.69, 9.17) is 4.74 Å². The molecule has 0 saturated heterocycles. The van der Waals surface area contributed by atoms with Crippen LogP contribution in [0.3, 0.4) is 0 Å². The largest absolute Gasteiger partial charge is 0.390 e. The molecular formula is C15H28O2. The van der Waals surface area contributed by atoms with Gasteiger partial charge in [0, 0.05) is 7.11 Å². The zero-order valence-corrected chi connectivity index (χ0v) is 11.5. The quantitative estimate of drug-likeness (QED) is 0.818. The van der Waals surface area contributed by atoms with Crippen molar-refractivity contribution in [3.8, 4) is 0 Å². The van der Waals surface area contributed by atoms with E-state index in [1.165, 1.54) is 44.9 Å². The van der Waals surface area contributed by atoms with E-state index < -0.39 is 0 Å². The van der Waals surface area contributed by atoms with Crippen LogP contribution in [-0.2, 0) is 4.74 Å². The molecule has 0 amide bonds. The van der Waals surface area contributed by atoms with Crippen LogP contribution in [0, 0.1) is 11.8 Å². The van der Waals surface area contributed by atoms with Crippen molar-refractivity contribution in [3.05, 3.63) is 0 Å². The first-order valence-corrected chi connectivity index (χ1v) is 7.41. The van der Waals surface area contributed by atoms with Gasteiger partial charge in [-0.1, -0.05) is 39.0 Å². The fourth-order valence-electron chi connectivity index (χ4n) is 3.80. The second-order valence-corrected chi connectivity index (χ2v) is 6.29. The number of aliphatic hydroxyl groups excluding tert-OH is 1. The molecule has 2 saturated carbocycles. The average Bonchev–Trinajstić information content (AvgIpc) is 2.39. The van der Waals surface area contributed by atoms with Crippen LogP contribution in [-0.4, -0.2) is 23.9 Å². The van der Waals surface area contributed by atoms with E-state index in [2.05, 4.69) is 6.92 Å². The van der Waals surface area contributed by atoms with Gasteiger partial charge < -0.3 is 9.84 Å². The van der Waals surface area contributed by atoms with Crippen molar-refractivity contribution in [3.63, 3.8) is 0 Å². The number of rotatable bonds is 3. The van der Waals surface area contributed by atoms with Crippen molar-refractivity contribution in [2.45, 2.75) is 76.4 Å². The molecule has 0 heterocycles. The van der Waals surface area contributed by atoms with Crippen LogP contribution < -0.4 is 0 Å². The van der Waals surface area contributed by atoms with Crippen molar-refractivity contribution in [2.75, 3.05) is 7.11 Å². The Kier molecular flexibility index (Phi) is 4.48. The van der Waals surface area contributed by atoms with Crippen LogP contribution in [0.5, 0.6) is 0 Å². The van der Waals surface area contributed by atoms with E-state index in [9.17, 15) is 5.11 Å². The molecule has 1 N–H and O–H groups in total. The number of hydrogen-bond donors (Lipinski definition) is 1. The Labute approximate surface area is 106 Å². The Balaban J connectivity index is 1.98. The molecule has 0 aromatic carbocycles. The number of ether oxygens (including phenoxy) is 1. The van der Waals surface area contributed by atoms with E-state index in [0.29, 0.717) is 5.92 Å². The first-order valence-electron chi connectivity index (χ1n) is 7.41. The maximum absolute atomic E-state index is 10.7. The number of hydrogen-bond acceptors (Lipinski definition) is 2. The standard InChI is InChI=1S/C15H28O2/c1-12-6-8-13(9-7-12)14(16)15(17-2)10-4-3-5-11-15/h12-14,16H,3-11H2,1-2H3. The van der Waals surface area contributed by atoms with Crippen molar-refractivity contribution >= 4 is 0 Å². The summed E-state index contributed by atoms with van der Waals surface area (Å²) in [6.45, 7) is 2.33. The lowest BCUT2D eigenvalue weighted by Gasteiger charge is -2.44. The molecular weight excluding hydrogens is 212 g/mol. The van der Waals surface area contributed by atoms with Crippen LogP contribution in [0.1, 0.15) is 64.7 Å². The van der Waals surface area contributed by atoms with E-state index in [0.717, 1.165) is 18.8 Å². The SMILES string of the molecule is COC1(C(O)C2CCC(C)CC2)CCCCC1. The molecule has 0 spiro atoms. The third-order valence-corrected chi connectivity index (χ3v) is 5.15. The van der Waals surface area contributed by atoms with Gasteiger partial charge in [0.25, 0.3) is 0 Å². The van der Waals surface area contributed by atoms with Crippen molar-refractivity contribution in [1.82, 2.24) is 0 Å². The molecule has 17 heavy (non-hydrogen) atoms. The maximum atomic E-state index is 10.7. The topological polar surface area (TPSA) is 29.5 Å². The lowest BCUT2D eigenvalue weighted by atomic mass is 9.71. The Morgan fingerprint density at radius 2 is 1.65 bits per heavy atom. The summed E-state index contributed by atoms with van der Waals surface area (Å²) in [6, 6.07) is 0. The van der Waals surface area contributed by atoms with E-state index in [1.807, 2.05) is 0 Å². The van der Waals surface area contributed by atoms with Crippen molar-refractivity contribution < 1.29 is 9.84 Å². The molecule has 1 atom stereocenters. The summed E-state index contributed by atoms with van der Waals surface area (Å²) in [4.78, 5) is 0. The fourth-order valence-corrected chi connectivity index (χ4v) is 3.80. The summed E-state index contributed by atoms with van der Waals surface area (Å²) in [5.41, 5.74) is -0.219. The monoisotopic (exact) mass is 240 g/mol. The molecule has 2 aliphatic rings. The zero-order chi connectivity index (χ0) is 12.3. The van der Waals surface area contributed by atoms with Crippen LogP contribution in [0.15, 0.2) is 0 Å². The summed E-state index contributed by atoms with van der Waals surface area (Å²) in [5, 5.41) is 10.7. The second-order valence-electron chi connectivity index (χ2n) is 6.29. The lowest BCUT2D eigenvalue weighted by molar-refractivity contribution is -0.147. The third kappa shape index (κ3) is 2.85. The highest BCUT2D eigenvalue weighted by Crippen LogP contribution is 2.41. The Morgan fingerprint density at radius 3 is 2.18 bits per heavy atom. The predicted octanol–water partition coefficient (Wildman–Crippen LogP) is 3.52. The normalized spacial score (nSPS) is 35.5. The Hall–Kier alpha value is -0.0800. The van der Waals surface area contributed by atoms with Crippen LogP contribution in [0.2, 0.25) is 0 Å². The molecule has 2 fully saturated rings. The third-order valence-electron chi connectivity index (χ3n) is 5.15. The predicted molar refractivity (Wildman–Crippen MR) is 70.0 cm³/mol. The maximum Gasteiger partial charge on any atom is 0.0939 e. The molecule has 100 valence electrons. The van der Waals surface area contributed by atoms with Crippen molar-refractivity contribution in [1.29, 1.82) is 0 Å². The van der Waals surface area contributed by atoms with Crippen molar-refractivity contribution in [2.24, 2.45) is 11.8 Å². The molecule has 2 heteroatoms. The average molecular weight is 240 g/mol. The summed E-state index contributed by atoms with van der Waals surface area (Å²) in [6.07, 6.45) is 10.5. The molecule has 0 aromatic rings. The molecule has 2 rings (SSSR count). The van der Waals surface area contributed by atoms with Gasteiger partial charge in [-0.3, -0.25) is 0 Å². The Bertz CT molecular complexity index is 225. The molecule has 0 radical (unpaired) electrons. The summed E-state index contributed by atoms with van der Waals surface area (Å²) >= 11 is 0. The number of aliphatic hydroxyl groups is 1. The molecule has 2 nitrogen and oxygen atoms in total. The number of methoxy groups -OCH3 is 1. The molecule has 0 bridgehead atoms. The molecule has 0 aromatic heterocycles.